The Morgan fingerprint density at radius 3 is 2.45 bits per heavy atom. The number of aromatic nitrogens is 4. The van der Waals surface area contributed by atoms with Crippen molar-refractivity contribution in [1.82, 2.24) is 25.1 Å². The minimum absolute atomic E-state index is 0.0201. The van der Waals surface area contributed by atoms with Crippen LogP contribution >= 0.6 is 0 Å². The first kappa shape index (κ1) is 24.1. The van der Waals surface area contributed by atoms with Crippen LogP contribution in [0.25, 0.3) is 11.4 Å². The molecule has 0 fully saturated rings. The normalized spacial score (nSPS) is 13.7. The van der Waals surface area contributed by atoms with Crippen LogP contribution in [-0.4, -0.2) is 36.8 Å². The largest absolute Gasteiger partial charge is 0.422 e. The molecule has 0 aliphatic carbocycles. The summed E-state index contributed by atoms with van der Waals surface area (Å²) in [5, 5.41) is 21.6. The molecule has 0 aliphatic heterocycles. The van der Waals surface area contributed by atoms with Gasteiger partial charge in [0.05, 0.1) is 12.2 Å². The number of nitrogens with zero attached hydrogens (tertiary/aromatic N) is 4. The van der Waals surface area contributed by atoms with Crippen LogP contribution in [0, 0.1) is 5.92 Å². The van der Waals surface area contributed by atoms with E-state index in [0.717, 1.165) is 0 Å². The van der Waals surface area contributed by atoms with Crippen molar-refractivity contribution in [3.63, 3.8) is 0 Å². The summed E-state index contributed by atoms with van der Waals surface area (Å²) in [6, 6.07) is 8.31. The van der Waals surface area contributed by atoms with Gasteiger partial charge < -0.3 is 20.6 Å². The van der Waals surface area contributed by atoms with Gasteiger partial charge in [0, 0.05) is 11.0 Å². The molecule has 0 bridgehead atoms. The highest BCUT2D eigenvalue weighted by Gasteiger charge is 2.32. The number of nitrogens with two attached hydrogens (primary N) is 1. The number of aliphatic hydroxyl groups excluding tert-OH is 1. The van der Waals surface area contributed by atoms with Gasteiger partial charge in [0.15, 0.2) is 6.10 Å². The van der Waals surface area contributed by atoms with Crippen LogP contribution in [0.1, 0.15) is 52.5 Å². The number of aliphatic hydroxyl groups is 1. The molecule has 0 aliphatic rings. The van der Waals surface area contributed by atoms with E-state index in [1.807, 2.05) is 52.8 Å². The van der Waals surface area contributed by atoms with E-state index in [9.17, 15) is 14.7 Å². The lowest BCUT2D eigenvalue weighted by atomic mass is 9.97. The quantitative estimate of drug-likeness (QED) is 0.491. The van der Waals surface area contributed by atoms with Gasteiger partial charge in [-0.25, -0.2) is 4.98 Å². The summed E-state index contributed by atoms with van der Waals surface area (Å²) in [7, 11) is 0. The molecule has 2 heterocycles. The van der Waals surface area contributed by atoms with Crippen molar-refractivity contribution in [2.45, 2.75) is 58.7 Å². The minimum Gasteiger partial charge on any atom is -0.422 e. The Balaban J connectivity index is 1.85. The number of benzene rings is 1. The van der Waals surface area contributed by atoms with Crippen molar-refractivity contribution in [2.24, 2.45) is 5.92 Å². The standard InChI is InChI=1S/C23H30N6O4/c1-13(2)17(18(31)20-27-28-22(33-20)23(3,4)5)26-16(30)12-29-19(14-9-7-6-8-10-14)25-11-15(24)21(29)32/h6-11,13,17-18,31H,12,24H2,1-5H3,(H,26,30). The number of amides is 1. The van der Waals surface area contributed by atoms with Crippen LogP contribution in [0.15, 0.2) is 45.7 Å². The Labute approximate surface area is 191 Å². The molecule has 1 aromatic carbocycles. The van der Waals surface area contributed by atoms with Gasteiger partial charge in [0.25, 0.3) is 5.56 Å². The van der Waals surface area contributed by atoms with E-state index in [1.54, 1.807) is 12.1 Å². The molecule has 2 unspecified atom stereocenters. The van der Waals surface area contributed by atoms with Crippen LogP contribution in [0.3, 0.4) is 0 Å². The van der Waals surface area contributed by atoms with Crippen molar-refractivity contribution in [2.75, 3.05) is 5.73 Å². The Bertz CT molecular complexity index is 1160. The average molecular weight is 455 g/mol. The van der Waals surface area contributed by atoms with E-state index in [0.29, 0.717) is 17.3 Å². The Hall–Kier alpha value is -3.53. The van der Waals surface area contributed by atoms with E-state index in [4.69, 9.17) is 10.2 Å². The van der Waals surface area contributed by atoms with Crippen molar-refractivity contribution in [3.8, 4) is 11.4 Å². The van der Waals surface area contributed by atoms with Gasteiger partial charge in [0.2, 0.25) is 17.7 Å². The van der Waals surface area contributed by atoms with Crippen LogP contribution in [0.2, 0.25) is 0 Å². The third-order valence-electron chi connectivity index (χ3n) is 5.13. The first-order valence-electron chi connectivity index (χ1n) is 10.7. The van der Waals surface area contributed by atoms with Gasteiger partial charge in [-0.15, -0.1) is 10.2 Å². The molecule has 3 rings (SSSR count). The summed E-state index contributed by atoms with van der Waals surface area (Å²) in [4.78, 5) is 29.9. The second kappa shape index (κ2) is 9.53. The van der Waals surface area contributed by atoms with Crippen LogP contribution in [-0.2, 0) is 16.8 Å². The van der Waals surface area contributed by atoms with Gasteiger partial charge in [-0.05, 0) is 5.92 Å². The third kappa shape index (κ3) is 5.46. The number of nitrogen functional groups attached to an aromatic ring is 1. The molecule has 3 aromatic rings. The maximum atomic E-state index is 13.0. The summed E-state index contributed by atoms with van der Waals surface area (Å²) in [5.74, 6) is 0.0634. The number of hydrogen-bond donors (Lipinski definition) is 3. The molecule has 4 N–H and O–H groups in total. The fourth-order valence-electron chi connectivity index (χ4n) is 3.27. The molecule has 33 heavy (non-hydrogen) atoms. The fraction of sp³-hybridized carbons (Fsp3) is 0.435. The monoisotopic (exact) mass is 454 g/mol. The molecule has 0 saturated heterocycles. The van der Waals surface area contributed by atoms with E-state index in [-0.39, 0.29) is 29.5 Å². The van der Waals surface area contributed by atoms with Crippen LogP contribution in [0.5, 0.6) is 0 Å². The average Bonchev–Trinajstić information content (AvgIpc) is 3.26. The van der Waals surface area contributed by atoms with Crippen molar-refractivity contribution in [1.29, 1.82) is 0 Å². The van der Waals surface area contributed by atoms with Crippen molar-refractivity contribution in [3.05, 3.63) is 58.7 Å². The van der Waals surface area contributed by atoms with E-state index in [2.05, 4.69) is 20.5 Å². The molecule has 10 heteroatoms. The molecule has 0 spiro atoms. The van der Waals surface area contributed by atoms with Gasteiger partial charge >= 0.3 is 0 Å². The van der Waals surface area contributed by atoms with E-state index >= 15 is 0 Å². The zero-order valence-corrected chi connectivity index (χ0v) is 19.4. The molecule has 2 atom stereocenters. The molecule has 1 amide bonds. The predicted molar refractivity (Wildman–Crippen MR) is 123 cm³/mol. The number of carbonyl (C=O) groups is 1. The van der Waals surface area contributed by atoms with Crippen molar-refractivity contribution < 1.29 is 14.3 Å². The summed E-state index contributed by atoms with van der Waals surface area (Å²) >= 11 is 0. The zero-order chi connectivity index (χ0) is 24.3. The predicted octanol–water partition coefficient (Wildman–Crippen LogP) is 2.05. The summed E-state index contributed by atoms with van der Waals surface area (Å²) in [6.07, 6.45) is 0.0594. The zero-order valence-electron chi connectivity index (χ0n) is 19.4. The first-order valence-corrected chi connectivity index (χ1v) is 10.7. The maximum Gasteiger partial charge on any atom is 0.277 e. The maximum absolute atomic E-state index is 13.0. The molecule has 0 saturated carbocycles. The molecule has 0 radical (unpaired) electrons. The highest BCUT2D eigenvalue weighted by Crippen LogP contribution is 2.26. The lowest BCUT2D eigenvalue weighted by molar-refractivity contribution is -0.124. The van der Waals surface area contributed by atoms with Crippen LogP contribution in [0.4, 0.5) is 5.69 Å². The number of rotatable bonds is 7. The topological polar surface area (TPSA) is 149 Å². The first-order chi connectivity index (χ1) is 15.5. The highest BCUT2D eigenvalue weighted by atomic mass is 16.4. The molecule has 2 aromatic heterocycles. The number of hydrogen-bond acceptors (Lipinski definition) is 8. The molecular weight excluding hydrogens is 424 g/mol. The second-order valence-electron chi connectivity index (χ2n) is 9.27. The second-order valence-corrected chi connectivity index (χ2v) is 9.27. The Morgan fingerprint density at radius 2 is 1.88 bits per heavy atom. The lowest BCUT2D eigenvalue weighted by Crippen LogP contribution is -2.45. The Kier molecular flexibility index (Phi) is 6.97. The van der Waals surface area contributed by atoms with E-state index in [1.165, 1.54) is 10.8 Å². The molecular formula is C23H30N6O4. The van der Waals surface area contributed by atoms with E-state index < -0.39 is 23.6 Å². The van der Waals surface area contributed by atoms with Crippen LogP contribution < -0.4 is 16.6 Å². The molecule has 10 nitrogen and oxygen atoms in total. The summed E-state index contributed by atoms with van der Waals surface area (Å²) in [5.41, 5.74) is 5.46. The van der Waals surface area contributed by atoms with Gasteiger partial charge in [-0.2, -0.15) is 0 Å². The lowest BCUT2D eigenvalue weighted by Gasteiger charge is -2.26. The van der Waals surface area contributed by atoms with Gasteiger partial charge in [-0.3, -0.25) is 14.2 Å². The van der Waals surface area contributed by atoms with Crippen molar-refractivity contribution >= 4 is 11.6 Å². The number of anilines is 1. The summed E-state index contributed by atoms with van der Waals surface area (Å²) < 4.78 is 6.86. The fourth-order valence-corrected chi connectivity index (χ4v) is 3.27. The smallest absolute Gasteiger partial charge is 0.277 e. The highest BCUT2D eigenvalue weighted by molar-refractivity contribution is 5.77. The van der Waals surface area contributed by atoms with Gasteiger partial charge in [0.1, 0.15) is 18.1 Å². The Morgan fingerprint density at radius 1 is 1.21 bits per heavy atom. The number of carbonyl (C=O) groups excluding carboxylic acids is 1. The summed E-state index contributed by atoms with van der Waals surface area (Å²) in [6.45, 7) is 9.12. The number of nitrogens with one attached hydrogen (secondary N) is 1. The SMILES string of the molecule is CC(C)C(NC(=O)Cn1c(-c2ccccc2)ncc(N)c1=O)C(O)c1nnc(C(C)(C)C)o1. The third-order valence-corrected chi connectivity index (χ3v) is 5.13. The molecule has 176 valence electrons. The minimum atomic E-state index is -1.22. The van der Waals surface area contributed by atoms with Gasteiger partial charge in [-0.1, -0.05) is 65.0 Å².